The molecule has 12 aromatic rings. The molecule has 0 N–H and O–H groups in total. The normalized spacial score (nSPS) is 11.8. The number of furan rings is 1. The summed E-state index contributed by atoms with van der Waals surface area (Å²) in [5.41, 5.74) is 14.7. The second-order valence-electron chi connectivity index (χ2n) is 17.6. The van der Waals surface area contributed by atoms with Gasteiger partial charge in [-0.3, -0.25) is 9.97 Å². The Morgan fingerprint density at radius 1 is 0.554 bits per heavy atom. The number of benzene rings is 9. The first kappa shape index (κ1) is 40.4. The zero-order valence-corrected chi connectivity index (χ0v) is 38.3. The minimum Gasteiger partial charge on any atom is -0.491 e. The molecule has 0 radical (unpaired) electrons. The van der Waals surface area contributed by atoms with Crippen LogP contribution in [0.4, 0.5) is 0 Å². The second-order valence-corrected chi connectivity index (χ2v) is 17.6. The van der Waals surface area contributed by atoms with Gasteiger partial charge in [0.1, 0.15) is 5.58 Å². The van der Waals surface area contributed by atoms with E-state index in [9.17, 15) is 0 Å². The molecule has 4 nitrogen and oxygen atoms in total. The monoisotopic (exact) mass is 1010 g/mol. The summed E-state index contributed by atoms with van der Waals surface area (Å²) in [4.78, 5) is 10.2. The van der Waals surface area contributed by atoms with Gasteiger partial charge in [-0.25, -0.2) is 0 Å². The largest absolute Gasteiger partial charge is 2.00 e. The molecule has 0 saturated heterocycles. The standard InChI is InChI=1S/C60H41N3O.Pt/c1-60(2,3)50-35-40(38-17-6-4-7-18-38)29-31-53(50)63-54-27-13-12-26-52(54)62-59(63)49-37-48-47(42-22-16-23-44(33-42)51-25-14-15-32-61-51)34-43-21-10-11-24-45(43)56(48)57-46-30-28-41(36-55(46)64-58(49)57)39-19-8-5-9-20-39;/h4-32,34-36H,1-3H3;/q-2;+2. The van der Waals surface area contributed by atoms with Crippen LogP contribution in [-0.2, 0) is 26.5 Å². The van der Waals surface area contributed by atoms with Crippen molar-refractivity contribution in [2.75, 3.05) is 0 Å². The van der Waals surface area contributed by atoms with Crippen molar-refractivity contribution in [1.29, 1.82) is 0 Å². The molecule has 3 aromatic heterocycles. The molecular weight excluding hydrogens is 974 g/mol. The zero-order valence-electron chi connectivity index (χ0n) is 36.0. The SMILES string of the molecule is CC(C)(C)c1cc(-c2ccccc2)ccc1-n1c(-c2[c-]c3c(-c4[c-]c(-c5ccccn5)ccc4)cc4ccccc4c3c3c2oc2cc(-c4ccccc4)ccc23)nc2ccccc21.[Pt+2]. The van der Waals surface area contributed by atoms with Gasteiger partial charge >= 0.3 is 21.1 Å². The van der Waals surface area contributed by atoms with E-state index < -0.39 is 0 Å². The maximum Gasteiger partial charge on any atom is 2.00 e. The molecule has 0 spiro atoms. The molecule has 0 aliphatic rings. The Morgan fingerprint density at radius 3 is 2.02 bits per heavy atom. The first-order chi connectivity index (χ1) is 31.4. The van der Waals surface area contributed by atoms with Crippen LogP contribution in [0.25, 0.3) is 116 Å². The van der Waals surface area contributed by atoms with E-state index in [0.717, 1.165) is 105 Å². The van der Waals surface area contributed by atoms with Crippen LogP contribution in [0.15, 0.2) is 199 Å². The Labute approximate surface area is 392 Å². The molecule has 9 aromatic carbocycles. The predicted molar refractivity (Wildman–Crippen MR) is 265 cm³/mol. The third-order valence-corrected chi connectivity index (χ3v) is 12.5. The molecule has 0 unspecified atom stereocenters. The third-order valence-electron chi connectivity index (χ3n) is 12.5. The van der Waals surface area contributed by atoms with E-state index in [1.807, 2.05) is 24.4 Å². The molecule has 312 valence electrons. The zero-order chi connectivity index (χ0) is 42.9. The van der Waals surface area contributed by atoms with Crippen LogP contribution >= 0.6 is 0 Å². The molecular formula is C60H41N3OPt. The van der Waals surface area contributed by atoms with Crippen molar-refractivity contribution >= 4 is 54.5 Å². The van der Waals surface area contributed by atoms with Gasteiger partial charge in [0.05, 0.1) is 22.4 Å². The Bertz CT molecular complexity index is 3750. The maximum atomic E-state index is 7.24. The molecule has 0 fully saturated rings. The van der Waals surface area contributed by atoms with E-state index in [4.69, 9.17) is 14.4 Å². The number of hydrogen-bond donors (Lipinski definition) is 0. The first-order valence-electron chi connectivity index (χ1n) is 21.8. The van der Waals surface area contributed by atoms with Crippen LogP contribution in [-0.4, -0.2) is 14.5 Å². The van der Waals surface area contributed by atoms with Crippen molar-refractivity contribution < 1.29 is 25.5 Å². The van der Waals surface area contributed by atoms with Crippen LogP contribution in [0.2, 0.25) is 0 Å². The number of rotatable bonds is 6. The second kappa shape index (κ2) is 16.0. The summed E-state index contributed by atoms with van der Waals surface area (Å²) < 4.78 is 9.57. The summed E-state index contributed by atoms with van der Waals surface area (Å²) in [6.07, 6.45) is 1.83. The van der Waals surface area contributed by atoms with Gasteiger partial charge in [0, 0.05) is 23.0 Å². The van der Waals surface area contributed by atoms with Crippen LogP contribution in [0.3, 0.4) is 0 Å². The summed E-state index contributed by atoms with van der Waals surface area (Å²) in [6, 6.07) is 74.1. The number of nitrogens with zero attached hydrogens (tertiary/aromatic N) is 3. The Morgan fingerprint density at radius 2 is 1.25 bits per heavy atom. The van der Waals surface area contributed by atoms with E-state index in [1.54, 1.807) is 0 Å². The average molecular weight is 1020 g/mol. The van der Waals surface area contributed by atoms with Crippen molar-refractivity contribution in [3.8, 4) is 61.7 Å². The van der Waals surface area contributed by atoms with E-state index in [-0.39, 0.29) is 26.5 Å². The fraction of sp³-hybridized carbons (Fsp3) is 0.0667. The topological polar surface area (TPSA) is 43.9 Å². The van der Waals surface area contributed by atoms with Gasteiger partial charge in [0.25, 0.3) is 0 Å². The van der Waals surface area contributed by atoms with Crippen LogP contribution in [0.5, 0.6) is 0 Å². The van der Waals surface area contributed by atoms with Crippen molar-refractivity contribution in [1.82, 2.24) is 14.5 Å². The fourth-order valence-electron chi connectivity index (χ4n) is 9.50. The average Bonchev–Trinajstić information content (AvgIpc) is 3.93. The van der Waals surface area contributed by atoms with E-state index in [2.05, 4.69) is 207 Å². The van der Waals surface area contributed by atoms with Gasteiger partial charge in [-0.2, -0.15) is 0 Å². The number of fused-ring (bicyclic) bond motifs is 8. The van der Waals surface area contributed by atoms with Gasteiger partial charge in [-0.1, -0.05) is 171 Å². The van der Waals surface area contributed by atoms with Crippen molar-refractivity contribution in [3.63, 3.8) is 0 Å². The minimum absolute atomic E-state index is 0. The van der Waals surface area contributed by atoms with Gasteiger partial charge in [-0.15, -0.1) is 41.3 Å². The number of hydrogen-bond acceptors (Lipinski definition) is 3. The smallest absolute Gasteiger partial charge is 0.491 e. The molecule has 0 saturated carbocycles. The predicted octanol–water partition coefficient (Wildman–Crippen LogP) is 15.9. The molecule has 0 aliphatic heterocycles. The Balaban J connectivity index is 0.00000469. The van der Waals surface area contributed by atoms with Crippen molar-refractivity contribution in [2.45, 2.75) is 26.2 Å². The molecule has 0 aliphatic carbocycles. The number of pyridine rings is 1. The quantitative estimate of drug-likeness (QED) is 0.123. The number of aromatic nitrogens is 3. The van der Waals surface area contributed by atoms with Gasteiger partial charge < -0.3 is 8.98 Å². The van der Waals surface area contributed by atoms with Crippen LogP contribution in [0.1, 0.15) is 26.3 Å². The van der Waals surface area contributed by atoms with Gasteiger partial charge in [0.15, 0.2) is 0 Å². The Kier molecular flexibility index (Phi) is 9.94. The number of imidazole rings is 1. The van der Waals surface area contributed by atoms with Crippen LogP contribution in [0, 0.1) is 12.1 Å². The van der Waals surface area contributed by atoms with Crippen LogP contribution < -0.4 is 0 Å². The summed E-state index contributed by atoms with van der Waals surface area (Å²) >= 11 is 0. The molecule has 0 bridgehead atoms. The van der Waals surface area contributed by atoms with Crippen molar-refractivity contribution in [3.05, 3.63) is 212 Å². The fourth-order valence-corrected chi connectivity index (χ4v) is 9.50. The minimum atomic E-state index is -0.209. The van der Waals surface area contributed by atoms with E-state index in [1.165, 1.54) is 16.7 Å². The van der Waals surface area contributed by atoms with Gasteiger partial charge in [-0.05, 0) is 91.4 Å². The van der Waals surface area contributed by atoms with Gasteiger partial charge in [0.2, 0.25) is 0 Å². The summed E-state index contributed by atoms with van der Waals surface area (Å²) in [5, 5.41) is 6.38. The molecule has 5 heteroatoms. The van der Waals surface area contributed by atoms with E-state index in [0.29, 0.717) is 0 Å². The Hall–Kier alpha value is -7.39. The summed E-state index contributed by atoms with van der Waals surface area (Å²) in [5.74, 6) is 0.763. The molecule has 0 amide bonds. The molecule has 3 heterocycles. The molecule has 0 atom stereocenters. The molecule has 12 rings (SSSR count). The number of para-hydroxylation sites is 2. The van der Waals surface area contributed by atoms with E-state index >= 15 is 0 Å². The first-order valence-corrected chi connectivity index (χ1v) is 21.8. The van der Waals surface area contributed by atoms with Crippen molar-refractivity contribution in [2.24, 2.45) is 0 Å². The summed E-state index contributed by atoms with van der Waals surface area (Å²) in [7, 11) is 0. The molecule has 65 heavy (non-hydrogen) atoms. The maximum absolute atomic E-state index is 7.24. The third kappa shape index (κ3) is 6.88. The summed E-state index contributed by atoms with van der Waals surface area (Å²) in [6.45, 7) is 6.86.